The molecule has 0 spiro atoms. The molecule has 4 heteroatoms. The van der Waals surface area contributed by atoms with Gasteiger partial charge in [-0.05, 0) is 38.2 Å². The molecule has 2 unspecified atom stereocenters. The van der Waals surface area contributed by atoms with Crippen molar-refractivity contribution in [3.05, 3.63) is 35.9 Å². The molecule has 128 valence electrons. The molecule has 1 aromatic carbocycles. The molecule has 0 saturated heterocycles. The molecule has 0 radical (unpaired) electrons. The lowest BCUT2D eigenvalue weighted by molar-refractivity contribution is -0.128. The van der Waals surface area contributed by atoms with Crippen LogP contribution in [0.2, 0.25) is 0 Å². The quantitative estimate of drug-likeness (QED) is 0.883. The molecule has 0 heterocycles. The maximum Gasteiger partial charge on any atom is 0.224 e. The number of carbonyl (C=O) groups excluding carboxylic acids is 1. The lowest BCUT2D eigenvalue weighted by atomic mass is 9.64. The zero-order valence-corrected chi connectivity index (χ0v) is 14.8. The minimum absolute atomic E-state index is 0. The van der Waals surface area contributed by atoms with E-state index in [0.29, 0.717) is 0 Å². The highest BCUT2D eigenvalue weighted by Gasteiger charge is 2.41. The van der Waals surface area contributed by atoms with E-state index in [1.807, 2.05) is 6.92 Å². The Hall–Kier alpha value is -1.06. The third kappa shape index (κ3) is 3.72. The molecule has 2 atom stereocenters. The van der Waals surface area contributed by atoms with Crippen LogP contribution in [0.25, 0.3) is 0 Å². The first-order valence-electron chi connectivity index (χ1n) is 8.66. The summed E-state index contributed by atoms with van der Waals surface area (Å²) in [6.45, 7) is 2.79. The van der Waals surface area contributed by atoms with Crippen LogP contribution in [0.5, 0.6) is 0 Å². The molecule has 2 aliphatic rings. The van der Waals surface area contributed by atoms with E-state index in [4.69, 9.17) is 5.73 Å². The first kappa shape index (κ1) is 18.3. The van der Waals surface area contributed by atoms with Crippen molar-refractivity contribution in [2.24, 2.45) is 11.7 Å². The molecule has 0 aromatic heterocycles. The number of hydrogen-bond donors (Lipinski definition) is 2. The van der Waals surface area contributed by atoms with Crippen LogP contribution < -0.4 is 11.1 Å². The van der Waals surface area contributed by atoms with Crippen LogP contribution in [0.4, 0.5) is 0 Å². The van der Waals surface area contributed by atoms with Gasteiger partial charge in [-0.3, -0.25) is 4.79 Å². The summed E-state index contributed by atoms with van der Waals surface area (Å²) in [5.41, 5.74) is 7.52. The Balaban J connectivity index is 0.00000192. The van der Waals surface area contributed by atoms with E-state index in [1.54, 1.807) is 0 Å². The van der Waals surface area contributed by atoms with E-state index in [1.165, 1.54) is 24.8 Å². The third-order valence-electron chi connectivity index (χ3n) is 5.87. The lowest BCUT2D eigenvalue weighted by Crippen LogP contribution is -2.55. The highest BCUT2D eigenvalue weighted by atomic mass is 35.5. The Labute approximate surface area is 145 Å². The van der Waals surface area contributed by atoms with Crippen LogP contribution in [-0.4, -0.2) is 18.0 Å². The summed E-state index contributed by atoms with van der Waals surface area (Å²) in [6.07, 6.45) is 7.73. The third-order valence-corrected chi connectivity index (χ3v) is 5.87. The van der Waals surface area contributed by atoms with Crippen LogP contribution in [0.3, 0.4) is 0 Å². The number of benzene rings is 1. The first-order chi connectivity index (χ1) is 10.5. The van der Waals surface area contributed by atoms with E-state index in [0.717, 1.165) is 32.2 Å². The molecule has 3 rings (SSSR count). The zero-order valence-electron chi connectivity index (χ0n) is 14.0. The van der Waals surface area contributed by atoms with E-state index in [2.05, 4.69) is 35.6 Å². The Bertz CT molecular complexity index is 525. The summed E-state index contributed by atoms with van der Waals surface area (Å²) in [6, 6.07) is 10.6. The maximum absolute atomic E-state index is 12.6. The molecule has 2 fully saturated rings. The minimum atomic E-state index is -0.345. The molecule has 3 N–H and O–H groups in total. The van der Waals surface area contributed by atoms with Gasteiger partial charge in [-0.15, -0.1) is 12.4 Å². The fourth-order valence-electron chi connectivity index (χ4n) is 4.13. The van der Waals surface area contributed by atoms with Crippen molar-refractivity contribution >= 4 is 18.3 Å². The van der Waals surface area contributed by atoms with E-state index in [9.17, 15) is 4.79 Å². The number of rotatable bonds is 4. The van der Waals surface area contributed by atoms with Crippen LogP contribution in [0.15, 0.2) is 30.3 Å². The predicted octanol–water partition coefficient (Wildman–Crippen LogP) is 3.55. The first-order valence-corrected chi connectivity index (χ1v) is 8.66. The molecule has 0 bridgehead atoms. The van der Waals surface area contributed by atoms with Gasteiger partial charge in [-0.1, -0.05) is 49.6 Å². The highest BCUT2D eigenvalue weighted by Crippen LogP contribution is 2.43. The number of nitrogens with one attached hydrogen (secondary N) is 1. The van der Waals surface area contributed by atoms with Gasteiger partial charge in [0.25, 0.3) is 0 Å². The van der Waals surface area contributed by atoms with Crippen molar-refractivity contribution in [1.82, 2.24) is 5.32 Å². The zero-order chi connectivity index (χ0) is 15.6. The summed E-state index contributed by atoms with van der Waals surface area (Å²) in [5, 5.41) is 3.23. The molecule has 3 nitrogen and oxygen atoms in total. The molecule has 2 aliphatic carbocycles. The van der Waals surface area contributed by atoms with E-state index < -0.39 is 0 Å². The number of carbonyl (C=O) groups is 1. The van der Waals surface area contributed by atoms with Gasteiger partial charge < -0.3 is 11.1 Å². The summed E-state index contributed by atoms with van der Waals surface area (Å²) in [7, 11) is 0. The Kier molecular flexibility index (Phi) is 5.74. The average Bonchev–Trinajstić information content (AvgIpc) is 2.46. The van der Waals surface area contributed by atoms with Crippen LogP contribution in [0.1, 0.15) is 57.4 Å². The lowest BCUT2D eigenvalue weighted by Gasteiger charge is -2.44. The fraction of sp³-hybridized carbons (Fsp3) is 0.632. The normalized spacial score (nSPS) is 29.0. The second-order valence-electron chi connectivity index (χ2n) is 7.52. The summed E-state index contributed by atoms with van der Waals surface area (Å²) >= 11 is 0. The van der Waals surface area contributed by atoms with Crippen molar-refractivity contribution in [2.45, 2.75) is 62.8 Å². The average molecular weight is 337 g/mol. The fourth-order valence-corrected chi connectivity index (χ4v) is 4.13. The number of nitrogens with two attached hydrogens (primary N) is 1. The monoisotopic (exact) mass is 336 g/mol. The van der Waals surface area contributed by atoms with Gasteiger partial charge in [0.05, 0.1) is 5.92 Å². The van der Waals surface area contributed by atoms with Gasteiger partial charge in [0.1, 0.15) is 0 Å². The predicted molar refractivity (Wildman–Crippen MR) is 96.8 cm³/mol. The maximum atomic E-state index is 12.6. The SMILES string of the molecule is CC1(N)CCCCC1C(=O)NCC1(c2ccccc2)CCC1.Cl. The van der Waals surface area contributed by atoms with Gasteiger partial charge in [0, 0.05) is 17.5 Å². The minimum Gasteiger partial charge on any atom is -0.355 e. The number of hydrogen-bond acceptors (Lipinski definition) is 2. The Morgan fingerprint density at radius 1 is 1.17 bits per heavy atom. The van der Waals surface area contributed by atoms with E-state index in [-0.39, 0.29) is 35.2 Å². The van der Waals surface area contributed by atoms with Gasteiger partial charge in [0.2, 0.25) is 5.91 Å². The molecular formula is C19H29ClN2O. The van der Waals surface area contributed by atoms with Gasteiger partial charge in [-0.2, -0.15) is 0 Å². The highest BCUT2D eigenvalue weighted by molar-refractivity contribution is 5.85. The second-order valence-corrected chi connectivity index (χ2v) is 7.52. The molecular weight excluding hydrogens is 308 g/mol. The Morgan fingerprint density at radius 3 is 2.43 bits per heavy atom. The second kappa shape index (κ2) is 7.23. The van der Waals surface area contributed by atoms with Crippen molar-refractivity contribution < 1.29 is 4.79 Å². The molecule has 23 heavy (non-hydrogen) atoms. The van der Waals surface area contributed by atoms with Gasteiger partial charge in [0.15, 0.2) is 0 Å². The van der Waals surface area contributed by atoms with Crippen LogP contribution in [0, 0.1) is 5.92 Å². The number of amides is 1. The van der Waals surface area contributed by atoms with Crippen molar-refractivity contribution in [3.8, 4) is 0 Å². The van der Waals surface area contributed by atoms with Gasteiger partial charge in [-0.25, -0.2) is 0 Å². The topological polar surface area (TPSA) is 55.1 Å². The van der Waals surface area contributed by atoms with E-state index >= 15 is 0 Å². The smallest absolute Gasteiger partial charge is 0.224 e. The summed E-state index contributed by atoms with van der Waals surface area (Å²) < 4.78 is 0. The summed E-state index contributed by atoms with van der Waals surface area (Å²) in [5.74, 6) is 0.126. The van der Waals surface area contributed by atoms with Crippen molar-refractivity contribution in [1.29, 1.82) is 0 Å². The molecule has 1 amide bonds. The van der Waals surface area contributed by atoms with Gasteiger partial charge >= 0.3 is 0 Å². The van der Waals surface area contributed by atoms with Crippen molar-refractivity contribution in [3.63, 3.8) is 0 Å². The molecule has 2 saturated carbocycles. The molecule has 1 aromatic rings. The standard InChI is InChI=1S/C19H28N2O.ClH/c1-18(20)11-6-5-10-16(18)17(22)21-14-19(12-7-13-19)15-8-3-2-4-9-15;/h2-4,8-9,16H,5-7,10-14,20H2,1H3,(H,21,22);1H. The summed E-state index contributed by atoms with van der Waals surface area (Å²) in [4.78, 5) is 12.6. The number of halogens is 1. The Morgan fingerprint density at radius 2 is 1.87 bits per heavy atom. The van der Waals surface area contributed by atoms with Crippen LogP contribution in [-0.2, 0) is 10.2 Å². The van der Waals surface area contributed by atoms with Crippen LogP contribution >= 0.6 is 12.4 Å². The molecule has 0 aliphatic heterocycles. The van der Waals surface area contributed by atoms with Crippen molar-refractivity contribution in [2.75, 3.05) is 6.54 Å². The largest absolute Gasteiger partial charge is 0.355 e.